The number of aromatic nitrogens is 3. The second-order valence-corrected chi connectivity index (χ2v) is 11.4. The van der Waals surface area contributed by atoms with E-state index in [4.69, 9.17) is 36.7 Å². The molecule has 0 saturated carbocycles. The van der Waals surface area contributed by atoms with Gasteiger partial charge < -0.3 is 33.5 Å². The zero-order valence-electron chi connectivity index (χ0n) is 23.0. The third-order valence-corrected chi connectivity index (χ3v) is 8.66. The SMILES string of the molecule is C#Cc1cnc(OC2C[C@@H](C(=O)O)N(c3nc(C)nc4c3oc3cc(Cl)ccc34)C2)c(N2CCOC3(COC3)[C@@H]2C)c1. The van der Waals surface area contributed by atoms with Crippen LogP contribution in [-0.2, 0) is 14.3 Å². The van der Waals surface area contributed by atoms with Crippen LogP contribution in [0.25, 0.3) is 22.1 Å². The number of benzene rings is 1. The predicted octanol–water partition coefficient (Wildman–Crippen LogP) is 3.82. The lowest BCUT2D eigenvalue weighted by Gasteiger charge is -2.53. The second-order valence-electron chi connectivity index (χ2n) is 11.0. The first-order valence-corrected chi connectivity index (χ1v) is 14.1. The molecule has 1 unspecified atom stereocenters. The van der Waals surface area contributed by atoms with Gasteiger partial charge in [0, 0.05) is 41.2 Å². The van der Waals surface area contributed by atoms with Crippen LogP contribution >= 0.6 is 11.6 Å². The Morgan fingerprint density at radius 2 is 2.10 bits per heavy atom. The van der Waals surface area contributed by atoms with Crippen LogP contribution in [0.3, 0.4) is 0 Å². The minimum absolute atomic E-state index is 0.0112. The van der Waals surface area contributed by atoms with E-state index in [1.807, 2.05) is 12.1 Å². The van der Waals surface area contributed by atoms with Crippen LogP contribution in [0.1, 0.15) is 24.7 Å². The van der Waals surface area contributed by atoms with E-state index in [1.54, 1.807) is 30.2 Å². The van der Waals surface area contributed by atoms with Crippen LogP contribution in [0.5, 0.6) is 5.88 Å². The number of hydrogen-bond acceptors (Lipinski definition) is 10. The summed E-state index contributed by atoms with van der Waals surface area (Å²) in [7, 11) is 0. The van der Waals surface area contributed by atoms with Gasteiger partial charge in [0.1, 0.15) is 40.4 Å². The molecule has 3 saturated heterocycles. The summed E-state index contributed by atoms with van der Waals surface area (Å²) in [6.07, 6.45) is 7.01. The number of nitrogens with zero attached hydrogens (tertiary/aromatic N) is 5. The Morgan fingerprint density at radius 1 is 1.26 bits per heavy atom. The fourth-order valence-corrected chi connectivity index (χ4v) is 6.29. The van der Waals surface area contributed by atoms with E-state index in [9.17, 15) is 9.90 Å². The molecule has 3 aliphatic rings. The van der Waals surface area contributed by atoms with Gasteiger partial charge in [-0.15, -0.1) is 6.42 Å². The maximum Gasteiger partial charge on any atom is 0.326 e. The van der Waals surface area contributed by atoms with Crippen LogP contribution in [-0.4, -0.2) is 82.7 Å². The number of fused-ring (bicyclic) bond motifs is 3. The van der Waals surface area contributed by atoms with Gasteiger partial charge in [-0.25, -0.2) is 19.7 Å². The Bertz CT molecular complexity index is 1760. The van der Waals surface area contributed by atoms with Crippen molar-refractivity contribution < 1.29 is 28.5 Å². The van der Waals surface area contributed by atoms with Gasteiger partial charge in [-0.1, -0.05) is 17.5 Å². The lowest BCUT2D eigenvalue weighted by Crippen LogP contribution is -2.68. The molecule has 42 heavy (non-hydrogen) atoms. The van der Waals surface area contributed by atoms with Gasteiger partial charge in [-0.3, -0.25) is 0 Å². The molecule has 3 aliphatic heterocycles. The number of carboxylic acid groups (broad SMARTS) is 1. The Labute approximate surface area is 246 Å². The van der Waals surface area contributed by atoms with Crippen molar-refractivity contribution in [2.45, 2.75) is 44.1 Å². The summed E-state index contributed by atoms with van der Waals surface area (Å²) in [5.74, 6) is 2.94. The van der Waals surface area contributed by atoms with Crippen molar-refractivity contribution in [2.24, 2.45) is 0 Å². The molecule has 216 valence electrons. The highest BCUT2D eigenvalue weighted by molar-refractivity contribution is 6.31. The second kappa shape index (κ2) is 10.0. The summed E-state index contributed by atoms with van der Waals surface area (Å²) >= 11 is 6.20. The molecule has 1 spiro atoms. The average molecular weight is 590 g/mol. The fourth-order valence-electron chi connectivity index (χ4n) is 6.13. The summed E-state index contributed by atoms with van der Waals surface area (Å²) in [5.41, 5.74) is 2.52. The highest BCUT2D eigenvalue weighted by Crippen LogP contribution is 2.41. The molecule has 4 aromatic rings. The predicted molar refractivity (Wildman–Crippen MR) is 155 cm³/mol. The van der Waals surface area contributed by atoms with E-state index >= 15 is 0 Å². The standard InChI is InChI=1S/C30H28ClN5O6/c1-4-18-9-22(35-7-8-40-30(16(35)2)14-39-15-30)28(32-12-18)41-20-11-23(29(37)38)36(13-20)27-26-25(33-17(3)34-27)21-6-5-19(31)10-24(21)42-26/h1,5-6,9-10,12,16,20,23H,7-8,11,13-15H2,2-3H3,(H,37,38)/t16-,20?,23-/m0/s1. The van der Waals surface area contributed by atoms with Crippen molar-refractivity contribution >= 4 is 51.1 Å². The van der Waals surface area contributed by atoms with Crippen molar-refractivity contribution in [2.75, 3.05) is 42.7 Å². The van der Waals surface area contributed by atoms with Gasteiger partial charge in [-0.2, -0.15) is 0 Å². The molecule has 0 amide bonds. The van der Waals surface area contributed by atoms with Crippen LogP contribution in [0.2, 0.25) is 5.02 Å². The number of carbonyl (C=O) groups is 1. The van der Waals surface area contributed by atoms with E-state index in [0.717, 1.165) is 11.1 Å². The topological polar surface area (TPSA) is 123 Å². The number of morpholine rings is 1. The van der Waals surface area contributed by atoms with E-state index in [2.05, 4.69) is 32.7 Å². The quantitative estimate of drug-likeness (QED) is 0.342. The Morgan fingerprint density at radius 3 is 2.83 bits per heavy atom. The highest BCUT2D eigenvalue weighted by Gasteiger charge is 2.50. The molecule has 7 rings (SSSR count). The molecule has 12 heteroatoms. The summed E-state index contributed by atoms with van der Waals surface area (Å²) in [6.45, 7) is 6.28. The molecule has 0 radical (unpaired) electrons. The zero-order chi connectivity index (χ0) is 29.2. The minimum atomic E-state index is -0.991. The van der Waals surface area contributed by atoms with Crippen LogP contribution in [0.4, 0.5) is 11.5 Å². The number of halogens is 1. The van der Waals surface area contributed by atoms with E-state index in [-0.39, 0.29) is 19.0 Å². The van der Waals surface area contributed by atoms with Crippen LogP contribution < -0.4 is 14.5 Å². The van der Waals surface area contributed by atoms with Gasteiger partial charge in [-0.05, 0) is 32.0 Å². The fraction of sp³-hybridized carbons (Fsp3) is 0.400. The number of pyridine rings is 1. The molecular weight excluding hydrogens is 562 g/mol. The number of rotatable bonds is 5. The maximum atomic E-state index is 12.5. The summed E-state index contributed by atoms with van der Waals surface area (Å²) < 4.78 is 24.2. The summed E-state index contributed by atoms with van der Waals surface area (Å²) in [6, 6.07) is 6.28. The first kappa shape index (κ1) is 26.8. The van der Waals surface area contributed by atoms with Crippen molar-refractivity contribution in [3.63, 3.8) is 0 Å². The molecule has 0 aliphatic carbocycles. The molecule has 3 atom stereocenters. The van der Waals surface area contributed by atoms with Gasteiger partial charge >= 0.3 is 5.97 Å². The molecule has 3 aromatic heterocycles. The van der Waals surface area contributed by atoms with E-state index < -0.39 is 23.7 Å². The van der Waals surface area contributed by atoms with Crippen molar-refractivity contribution in [1.29, 1.82) is 0 Å². The van der Waals surface area contributed by atoms with Crippen molar-refractivity contribution in [3.05, 3.63) is 46.9 Å². The molecule has 3 fully saturated rings. The smallest absolute Gasteiger partial charge is 0.326 e. The van der Waals surface area contributed by atoms with E-state index in [0.29, 0.717) is 71.2 Å². The number of terminal acetylenes is 1. The zero-order valence-corrected chi connectivity index (χ0v) is 23.8. The first-order valence-electron chi connectivity index (χ1n) is 13.7. The molecule has 1 N–H and O–H groups in total. The van der Waals surface area contributed by atoms with Crippen LogP contribution in [0.15, 0.2) is 34.9 Å². The number of anilines is 2. The minimum Gasteiger partial charge on any atom is -0.480 e. The number of aryl methyl sites for hydroxylation is 1. The lowest BCUT2D eigenvalue weighted by atomic mass is 9.90. The number of aliphatic carboxylic acids is 1. The first-order chi connectivity index (χ1) is 20.3. The monoisotopic (exact) mass is 589 g/mol. The normalized spacial score (nSPS) is 23.3. The number of hydrogen-bond donors (Lipinski definition) is 1. The molecule has 6 heterocycles. The van der Waals surface area contributed by atoms with Gasteiger partial charge in [0.25, 0.3) is 0 Å². The number of furan rings is 1. The molecule has 1 aromatic carbocycles. The Kier molecular flexibility index (Phi) is 6.38. The third-order valence-electron chi connectivity index (χ3n) is 8.42. The van der Waals surface area contributed by atoms with E-state index in [1.165, 1.54) is 0 Å². The van der Waals surface area contributed by atoms with Crippen molar-refractivity contribution in [3.8, 4) is 18.2 Å². The third kappa shape index (κ3) is 4.29. The van der Waals surface area contributed by atoms with Gasteiger partial charge in [0.2, 0.25) is 5.88 Å². The largest absolute Gasteiger partial charge is 0.480 e. The number of carboxylic acids is 1. The number of ether oxygens (including phenoxy) is 3. The summed E-state index contributed by atoms with van der Waals surface area (Å²) in [5, 5.41) is 11.5. The molecule has 11 nitrogen and oxygen atoms in total. The van der Waals surface area contributed by atoms with Crippen molar-refractivity contribution in [1.82, 2.24) is 15.0 Å². The highest BCUT2D eigenvalue weighted by atomic mass is 35.5. The maximum absolute atomic E-state index is 12.5. The van der Waals surface area contributed by atoms with Crippen LogP contribution in [0, 0.1) is 19.3 Å². The Balaban J connectivity index is 1.24. The average Bonchev–Trinajstić information content (AvgIpc) is 3.53. The van der Waals surface area contributed by atoms with Gasteiger partial charge in [0.05, 0.1) is 32.4 Å². The molecular formula is C30H28ClN5O6. The van der Waals surface area contributed by atoms with Gasteiger partial charge in [0.15, 0.2) is 11.4 Å². The lowest BCUT2D eigenvalue weighted by molar-refractivity contribution is -0.228. The summed E-state index contributed by atoms with van der Waals surface area (Å²) in [4.78, 5) is 30.2. The molecule has 0 bridgehead atoms. The Hall–Kier alpha value is -4.11.